The van der Waals surface area contributed by atoms with Crippen LogP contribution in [-0.4, -0.2) is 0 Å². The Labute approximate surface area is 151 Å². The molecule has 1 aromatic rings. The van der Waals surface area contributed by atoms with E-state index in [2.05, 4.69) is 69.8 Å². The first-order chi connectivity index (χ1) is 11.7. The van der Waals surface area contributed by atoms with Gasteiger partial charge in [0, 0.05) is 5.92 Å². The first-order valence-corrected chi connectivity index (χ1v) is 10.2. The molecule has 1 unspecified atom stereocenters. The molecule has 0 aliphatic rings. The van der Waals surface area contributed by atoms with E-state index in [-0.39, 0.29) is 0 Å². The van der Waals surface area contributed by atoms with Gasteiger partial charge in [-0.25, -0.2) is 0 Å². The minimum absolute atomic E-state index is 0.445. The molecule has 0 aliphatic carbocycles. The molecule has 1 atom stereocenters. The molecular weight excluding hydrogens is 288 g/mol. The Bertz CT molecular complexity index is 468. The average molecular weight is 327 g/mol. The van der Waals surface area contributed by atoms with Crippen LogP contribution in [0.3, 0.4) is 0 Å². The van der Waals surface area contributed by atoms with Crippen LogP contribution in [0.4, 0.5) is 0 Å². The lowest BCUT2D eigenvalue weighted by atomic mass is 9.86. The highest BCUT2D eigenvalue weighted by atomic mass is 14.2. The van der Waals surface area contributed by atoms with Gasteiger partial charge in [-0.05, 0) is 48.8 Å². The number of rotatable bonds is 12. The fourth-order valence-electron chi connectivity index (χ4n) is 3.24. The summed E-state index contributed by atoms with van der Waals surface area (Å²) in [5.41, 5.74) is 6.73. The van der Waals surface area contributed by atoms with Gasteiger partial charge in [0.1, 0.15) is 0 Å². The van der Waals surface area contributed by atoms with Crippen molar-refractivity contribution < 1.29 is 0 Å². The number of benzene rings is 1. The lowest BCUT2D eigenvalue weighted by Crippen LogP contribution is -2.05. The van der Waals surface area contributed by atoms with Crippen LogP contribution in [0.15, 0.2) is 47.7 Å². The number of hydrogen-bond acceptors (Lipinski definition) is 0. The summed E-state index contributed by atoms with van der Waals surface area (Å²) in [4.78, 5) is 0. The molecule has 24 heavy (non-hydrogen) atoms. The van der Waals surface area contributed by atoms with Gasteiger partial charge in [0.05, 0.1) is 0 Å². The molecule has 0 bridgehead atoms. The van der Waals surface area contributed by atoms with E-state index in [1.54, 1.807) is 5.57 Å². The first-order valence-electron chi connectivity index (χ1n) is 10.2. The number of allylic oxidation sites excluding steroid dienone is 1. The van der Waals surface area contributed by atoms with Crippen LogP contribution in [0, 0.1) is 5.92 Å². The Hall–Kier alpha value is -1.26. The SMILES string of the molecule is CCCCC(=C=CC(C)c1ccccc1)C(CCCC)CCCC. The van der Waals surface area contributed by atoms with E-state index in [1.165, 1.54) is 63.4 Å². The van der Waals surface area contributed by atoms with Crippen molar-refractivity contribution >= 4 is 0 Å². The maximum atomic E-state index is 3.76. The van der Waals surface area contributed by atoms with Crippen molar-refractivity contribution in [1.29, 1.82) is 0 Å². The van der Waals surface area contributed by atoms with Gasteiger partial charge in [-0.3, -0.25) is 0 Å². The van der Waals surface area contributed by atoms with E-state index >= 15 is 0 Å². The van der Waals surface area contributed by atoms with Crippen LogP contribution in [0.1, 0.15) is 97.0 Å². The maximum Gasteiger partial charge on any atom is 0.00655 e. The summed E-state index contributed by atoms with van der Waals surface area (Å²) in [6.07, 6.45) is 14.1. The van der Waals surface area contributed by atoms with Crippen LogP contribution in [0.2, 0.25) is 0 Å². The van der Waals surface area contributed by atoms with Crippen molar-refractivity contribution in [2.75, 3.05) is 0 Å². The second-order valence-corrected chi connectivity index (χ2v) is 7.12. The normalized spacial score (nSPS) is 12.0. The minimum Gasteiger partial charge on any atom is -0.125 e. The highest BCUT2D eigenvalue weighted by molar-refractivity contribution is 5.23. The fraction of sp³-hybridized carbons (Fsp3) is 0.625. The van der Waals surface area contributed by atoms with E-state index < -0.39 is 0 Å². The molecule has 1 rings (SSSR count). The topological polar surface area (TPSA) is 0 Å². The molecule has 134 valence electrons. The Kier molecular flexibility index (Phi) is 11.3. The highest BCUT2D eigenvalue weighted by Gasteiger charge is 2.13. The summed E-state index contributed by atoms with van der Waals surface area (Å²) < 4.78 is 0. The molecule has 1 aromatic carbocycles. The summed E-state index contributed by atoms with van der Waals surface area (Å²) >= 11 is 0. The van der Waals surface area contributed by atoms with E-state index in [0.717, 1.165) is 5.92 Å². The highest BCUT2D eigenvalue weighted by Crippen LogP contribution is 2.28. The molecule has 0 heteroatoms. The summed E-state index contributed by atoms with van der Waals surface area (Å²) in [5, 5.41) is 0. The molecule has 0 amide bonds. The molecule has 0 saturated carbocycles. The average Bonchev–Trinajstić information content (AvgIpc) is 2.63. The third kappa shape index (κ3) is 8.02. The van der Waals surface area contributed by atoms with E-state index in [9.17, 15) is 0 Å². The van der Waals surface area contributed by atoms with Crippen molar-refractivity contribution in [3.05, 3.63) is 53.3 Å². The zero-order valence-electron chi connectivity index (χ0n) is 16.5. The summed E-state index contributed by atoms with van der Waals surface area (Å²) in [6.45, 7) is 9.19. The van der Waals surface area contributed by atoms with Gasteiger partial charge in [-0.1, -0.05) is 90.1 Å². The van der Waals surface area contributed by atoms with E-state index in [1.807, 2.05) is 0 Å². The van der Waals surface area contributed by atoms with Crippen LogP contribution in [-0.2, 0) is 0 Å². The monoisotopic (exact) mass is 326 g/mol. The van der Waals surface area contributed by atoms with Gasteiger partial charge >= 0.3 is 0 Å². The van der Waals surface area contributed by atoms with Gasteiger partial charge in [0.15, 0.2) is 0 Å². The lowest BCUT2D eigenvalue weighted by Gasteiger charge is -2.19. The Morgan fingerprint density at radius 1 is 0.917 bits per heavy atom. The Balaban J connectivity index is 2.94. The van der Waals surface area contributed by atoms with Crippen LogP contribution < -0.4 is 0 Å². The smallest absolute Gasteiger partial charge is 0.00655 e. The van der Waals surface area contributed by atoms with Crippen LogP contribution >= 0.6 is 0 Å². The molecule has 0 aromatic heterocycles. The molecule has 0 radical (unpaired) electrons. The van der Waals surface area contributed by atoms with Crippen molar-refractivity contribution in [3.63, 3.8) is 0 Å². The molecule has 0 aliphatic heterocycles. The number of unbranched alkanes of at least 4 members (excludes halogenated alkanes) is 3. The van der Waals surface area contributed by atoms with E-state index in [4.69, 9.17) is 0 Å². The largest absolute Gasteiger partial charge is 0.125 e. The second kappa shape index (κ2) is 13.1. The molecule has 0 heterocycles. The molecular formula is C24H38. The summed E-state index contributed by atoms with van der Waals surface area (Å²) in [7, 11) is 0. The molecule has 0 spiro atoms. The van der Waals surface area contributed by atoms with Crippen molar-refractivity contribution in [2.24, 2.45) is 5.92 Å². The van der Waals surface area contributed by atoms with Gasteiger partial charge in [-0.15, -0.1) is 5.73 Å². The molecule has 0 saturated heterocycles. The van der Waals surface area contributed by atoms with Crippen molar-refractivity contribution in [2.45, 2.75) is 91.4 Å². The van der Waals surface area contributed by atoms with Gasteiger partial charge < -0.3 is 0 Å². The zero-order valence-corrected chi connectivity index (χ0v) is 16.5. The Morgan fingerprint density at radius 2 is 1.50 bits per heavy atom. The summed E-state index contributed by atoms with van der Waals surface area (Å²) in [5.74, 6) is 1.19. The van der Waals surface area contributed by atoms with Crippen molar-refractivity contribution in [1.82, 2.24) is 0 Å². The predicted octanol–water partition coefficient (Wildman–Crippen LogP) is 8.06. The van der Waals surface area contributed by atoms with Gasteiger partial charge in [-0.2, -0.15) is 0 Å². The first kappa shape index (κ1) is 20.8. The zero-order chi connectivity index (χ0) is 17.6. The van der Waals surface area contributed by atoms with E-state index in [0.29, 0.717) is 5.92 Å². The third-order valence-corrected chi connectivity index (χ3v) is 4.95. The predicted molar refractivity (Wildman–Crippen MR) is 109 cm³/mol. The second-order valence-electron chi connectivity index (χ2n) is 7.12. The van der Waals surface area contributed by atoms with Crippen molar-refractivity contribution in [3.8, 4) is 0 Å². The van der Waals surface area contributed by atoms with Gasteiger partial charge in [0.25, 0.3) is 0 Å². The van der Waals surface area contributed by atoms with Crippen LogP contribution in [0.25, 0.3) is 0 Å². The fourth-order valence-corrected chi connectivity index (χ4v) is 3.24. The summed E-state index contributed by atoms with van der Waals surface area (Å²) in [6, 6.07) is 10.8. The molecule has 0 nitrogen and oxygen atoms in total. The minimum atomic E-state index is 0.445. The quantitative estimate of drug-likeness (QED) is 0.341. The maximum absolute atomic E-state index is 3.76. The van der Waals surface area contributed by atoms with Gasteiger partial charge in [0.2, 0.25) is 0 Å². The lowest BCUT2D eigenvalue weighted by molar-refractivity contribution is 0.460. The third-order valence-electron chi connectivity index (χ3n) is 4.95. The van der Waals surface area contributed by atoms with Crippen LogP contribution in [0.5, 0.6) is 0 Å². The number of hydrogen-bond donors (Lipinski definition) is 0. The molecule has 0 N–H and O–H groups in total. The Morgan fingerprint density at radius 3 is 2.04 bits per heavy atom. The standard InChI is InChI=1S/C24H38/c1-5-8-14-23(15-9-6-2)24(16-10-7-3)20-19-21(4)22-17-12-11-13-18-22/h11-13,17-19,21,23H,5-10,14-16H2,1-4H3. The molecule has 0 fully saturated rings.